The lowest BCUT2D eigenvalue weighted by molar-refractivity contribution is -0.384. The summed E-state index contributed by atoms with van der Waals surface area (Å²) in [4.78, 5) is 22.4. The summed E-state index contributed by atoms with van der Waals surface area (Å²) in [5.41, 5.74) is 4.19. The summed E-state index contributed by atoms with van der Waals surface area (Å²) in [6.45, 7) is 0.201. The minimum Gasteiger partial charge on any atom is -0.493 e. The molecule has 3 aromatic carbocycles. The number of methoxy groups -OCH3 is 1. The molecule has 3 rings (SSSR count). The van der Waals surface area contributed by atoms with Crippen molar-refractivity contribution in [1.82, 2.24) is 5.43 Å². The van der Waals surface area contributed by atoms with Gasteiger partial charge in [-0.2, -0.15) is 10.4 Å². The number of nitrogens with zero attached hydrogens (tertiary/aromatic N) is 3. The van der Waals surface area contributed by atoms with Crippen LogP contribution in [0.25, 0.3) is 0 Å². The number of nitro groups is 1. The summed E-state index contributed by atoms with van der Waals surface area (Å²) in [6, 6.07) is 19.7. The first-order valence-corrected chi connectivity index (χ1v) is 9.38. The summed E-state index contributed by atoms with van der Waals surface area (Å²) >= 11 is 0. The molecule has 160 valence electrons. The Bertz CT molecular complexity index is 1220. The molecule has 1 amide bonds. The van der Waals surface area contributed by atoms with Crippen molar-refractivity contribution < 1.29 is 19.2 Å². The number of carbonyl (C=O) groups is 1. The third-order valence-electron chi connectivity index (χ3n) is 4.41. The van der Waals surface area contributed by atoms with E-state index in [1.165, 1.54) is 37.6 Å². The van der Waals surface area contributed by atoms with Gasteiger partial charge >= 0.3 is 0 Å². The van der Waals surface area contributed by atoms with Crippen LogP contribution in [0.15, 0.2) is 71.8 Å². The Morgan fingerprint density at radius 1 is 1.16 bits per heavy atom. The fourth-order valence-corrected chi connectivity index (χ4v) is 2.79. The van der Waals surface area contributed by atoms with Crippen LogP contribution in [-0.2, 0) is 6.61 Å². The molecule has 9 nitrogen and oxygen atoms in total. The minimum atomic E-state index is -0.576. The highest BCUT2D eigenvalue weighted by Crippen LogP contribution is 2.28. The summed E-state index contributed by atoms with van der Waals surface area (Å²) in [5, 5.41) is 23.9. The number of amides is 1. The maximum atomic E-state index is 12.1. The van der Waals surface area contributed by atoms with Gasteiger partial charge in [-0.05, 0) is 35.9 Å². The van der Waals surface area contributed by atoms with Gasteiger partial charge in [0.05, 0.1) is 29.9 Å². The number of ether oxygens (including phenoxy) is 2. The number of nitrogens with one attached hydrogen (secondary N) is 1. The molecular formula is C23H18N4O5. The van der Waals surface area contributed by atoms with Gasteiger partial charge < -0.3 is 9.47 Å². The molecule has 0 aliphatic rings. The lowest BCUT2D eigenvalue weighted by Gasteiger charge is -2.12. The Morgan fingerprint density at radius 3 is 2.72 bits per heavy atom. The van der Waals surface area contributed by atoms with E-state index in [0.717, 1.165) is 5.56 Å². The zero-order chi connectivity index (χ0) is 22.9. The van der Waals surface area contributed by atoms with E-state index in [-0.39, 0.29) is 17.9 Å². The molecule has 0 aliphatic carbocycles. The Morgan fingerprint density at radius 2 is 1.97 bits per heavy atom. The van der Waals surface area contributed by atoms with Crippen LogP contribution in [0, 0.1) is 21.4 Å². The first-order chi connectivity index (χ1) is 15.5. The summed E-state index contributed by atoms with van der Waals surface area (Å²) in [7, 11) is 1.50. The average Bonchev–Trinajstić information content (AvgIpc) is 2.83. The fraction of sp³-hybridized carbons (Fsp3) is 0.0870. The van der Waals surface area contributed by atoms with Gasteiger partial charge in [-0.1, -0.05) is 24.3 Å². The van der Waals surface area contributed by atoms with Gasteiger partial charge in [0, 0.05) is 23.3 Å². The molecule has 0 atom stereocenters. The van der Waals surface area contributed by atoms with Crippen molar-refractivity contribution in [2.45, 2.75) is 6.61 Å². The van der Waals surface area contributed by atoms with E-state index in [0.29, 0.717) is 22.6 Å². The van der Waals surface area contributed by atoms with E-state index < -0.39 is 10.8 Å². The monoisotopic (exact) mass is 430 g/mol. The van der Waals surface area contributed by atoms with Gasteiger partial charge in [-0.25, -0.2) is 5.43 Å². The van der Waals surface area contributed by atoms with Crippen LogP contribution in [0.3, 0.4) is 0 Å². The number of benzene rings is 3. The molecule has 32 heavy (non-hydrogen) atoms. The van der Waals surface area contributed by atoms with Gasteiger partial charge in [-0.3, -0.25) is 14.9 Å². The van der Waals surface area contributed by atoms with Crippen molar-refractivity contribution in [3.63, 3.8) is 0 Å². The third-order valence-corrected chi connectivity index (χ3v) is 4.41. The van der Waals surface area contributed by atoms with Gasteiger partial charge in [0.15, 0.2) is 11.5 Å². The van der Waals surface area contributed by atoms with E-state index >= 15 is 0 Å². The highest BCUT2D eigenvalue weighted by Gasteiger charge is 2.11. The molecule has 0 heterocycles. The zero-order valence-electron chi connectivity index (χ0n) is 17.0. The SMILES string of the molecule is COc1cc(C=NNC(=O)c2cccc([N+](=O)[O-])c2)ccc1OCc1ccccc1C#N. The van der Waals surface area contributed by atoms with Crippen molar-refractivity contribution in [3.05, 3.63) is 99.1 Å². The second-order valence-electron chi connectivity index (χ2n) is 6.47. The molecule has 3 aromatic rings. The number of rotatable bonds is 8. The highest BCUT2D eigenvalue weighted by atomic mass is 16.6. The van der Waals surface area contributed by atoms with Crippen molar-refractivity contribution in [2.75, 3.05) is 7.11 Å². The van der Waals surface area contributed by atoms with Crippen molar-refractivity contribution in [2.24, 2.45) is 5.10 Å². The van der Waals surface area contributed by atoms with E-state index in [1.54, 1.807) is 30.3 Å². The van der Waals surface area contributed by atoms with Crippen LogP contribution in [0.2, 0.25) is 0 Å². The van der Waals surface area contributed by atoms with Crippen molar-refractivity contribution in [1.29, 1.82) is 5.26 Å². The number of hydrogen-bond donors (Lipinski definition) is 1. The van der Waals surface area contributed by atoms with Crippen LogP contribution < -0.4 is 14.9 Å². The third kappa shape index (κ3) is 5.46. The Balaban J connectivity index is 1.66. The summed E-state index contributed by atoms with van der Waals surface area (Å²) in [5.74, 6) is 0.361. The smallest absolute Gasteiger partial charge is 0.271 e. The molecule has 0 spiro atoms. The fourth-order valence-electron chi connectivity index (χ4n) is 2.79. The molecule has 0 aromatic heterocycles. The molecule has 0 fully saturated rings. The van der Waals surface area contributed by atoms with E-state index in [4.69, 9.17) is 9.47 Å². The Labute approximate surface area is 183 Å². The summed E-state index contributed by atoms with van der Waals surface area (Å²) in [6.07, 6.45) is 1.41. The molecule has 1 N–H and O–H groups in total. The maximum absolute atomic E-state index is 12.1. The number of hydrogen-bond acceptors (Lipinski definition) is 7. The first kappa shape index (κ1) is 22.0. The average molecular weight is 430 g/mol. The molecular weight excluding hydrogens is 412 g/mol. The topological polar surface area (TPSA) is 127 Å². The van der Waals surface area contributed by atoms with Crippen LogP contribution in [0.4, 0.5) is 5.69 Å². The Kier molecular flexibility index (Phi) is 7.12. The number of non-ortho nitro benzene ring substituents is 1. The first-order valence-electron chi connectivity index (χ1n) is 9.38. The van der Waals surface area contributed by atoms with E-state index in [9.17, 15) is 20.2 Å². The zero-order valence-corrected chi connectivity index (χ0v) is 17.0. The molecule has 0 unspecified atom stereocenters. The van der Waals surface area contributed by atoms with Crippen LogP contribution in [0.5, 0.6) is 11.5 Å². The molecule has 0 radical (unpaired) electrons. The van der Waals surface area contributed by atoms with Gasteiger partial charge in [0.25, 0.3) is 11.6 Å². The number of carbonyl (C=O) groups excluding carboxylic acids is 1. The Hall–Kier alpha value is -4.71. The number of nitro benzene ring substituents is 1. The van der Waals surface area contributed by atoms with Crippen LogP contribution in [-0.4, -0.2) is 24.2 Å². The molecule has 0 saturated heterocycles. The van der Waals surface area contributed by atoms with Crippen LogP contribution >= 0.6 is 0 Å². The lowest BCUT2D eigenvalue weighted by Crippen LogP contribution is -2.17. The lowest BCUT2D eigenvalue weighted by atomic mass is 10.1. The number of hydrazone groups is 1. The van der Waals surface area contributed by atoms with Gasteiger partial charge in [-0.15, -0.1) is 0 Å². The summed E-state index contributed by atoms with van der Waals surface area (Å²) < 4.78 is 11.2. The molecule has 9 heteroatoms. The molecule has 0 saturated carbocycles. The second kappa shape index (κ2) is 10.4. The minimum absolute atomic E-state index is 0.121. The standard InChI is InChI=1S/C23H18N4O5/c1-31-22-11-16(9-10-21(22)32-15-19-6-3-2-5-18(19)13-24)14-25-26-23(28)17-7-4-8-20(12-17)27(29)30/h2-12,14H,15H2,1H3,(H,26,28). The van der Waals surface area contributed by atoms with Gasteiger partial charge in [0.1, 0.15) is 6.61 Å². The van der Waals surface area contributed by atoms with Crippen molar-refractivity contribution in [3.8, 4) is 17.6 Å². The largest absolute Gasteiger partial charge is 0.493 e. The van der Waals surface area contributed by atoms with E-state index in [2.05, 4.69) is 16.6 Å². The van der Waals surface area contributed by atoms with Crippen LogP contribution in [0.1, 0.15) is 27.0 Å². The molecule has 0 bridgehead atoms. The maximum Gasteiger partial charge on any atom is 0.271 e. The number of nitriles is 1. The molecule has 0 aliphatic heterocycles. The highest BCUT2D eigenvalue weighted by molar-refractivity contribution is 5.95. The predicted molar refractivity (Wildman–Crippen MR) is 117 cm³/mol. The normalized spacial score (nSPS) is 10.4. The predicted octanol–water partition coefficient (Wildman–Crippen LogP) is 3.82. The van der Waals surface area contributed by atoms with Crippen molar-refractivity contribution >= 4 is 17.8 Å². The van der Waals surface area contributed by atoms with E-state index in [1.807, 2.05) is 12.1 Å². The van der Waals surface area contributed by atoms with Gasteiger partial charge in [0.2, 0.25) is 0 Å². The quantitative estimate of drug-likeness (QED) is 0.329. The second-order valence-corrected chi connectivity index (χ2v) is 6.47.